The Balaban J connectivity index is 1.28. The van der Waals surface area contributed by atoms with Crippen LogP contribution in [-0.4, -0.2) is 86.7 Å². The van der Waals surface area contributed by atoms with Crippen LogP contribution < -0.4 is 5.73 Å². The first-order chi connectivity index (χ1) is 24.1. The van der Waals surface area contributed by atoms with Gasteiger partial charge in [-0.15, -0.1) is 6.58 Å². The molecular formula is C36H63N4O9P. The highest BCUT2D eigenvalue weighted by atomic mass is 31.2. The first kappa shape index (κ1) is 42.5. The minimum absolute atomic E-state index is 0.180. The van der Waals surface area contributed by atoms with E-state index in [9.17, 15) is 19.7 Å². The van der Waals surface area contributed by atoms with Crippen LogP contribution in [0.15, 0.2) is 31.1 Å². The molecule has 3 heterocycles. The molecule has 0 amide bonds. The van der Waals surface area contributed by atoms with E-state index < -0.39 is 44.4 Å². The number of ether oxygens (including phenoxy) is 3. The fourth-order valence-corrected chi connectivity index (χ4v) is 7.09. The Labute approximate surface area is 298 Å². The highest BCUT2D eigenvalue weighted by Crippen LogP contribution is 2.47. The minimum Gasteiger partial charge on any atom is -0.387 e. The predicted octanol–water partition coefficient (Wildman–Crippen LogP) is 6.85. The Morgan fingerprint density at radius 1 is 0.980 bits per heavy atom. The number of nitrogens with zero attached hydrogens (tertiary/aromatic N) is 3. The molecule has 0 aromatic carbocycles. The molecule has 2 aromatic heterocycles. The number of hydrogen-bond donors (Lipinski definition) is 4. The average molecular weight is 727 g/mol. The molecule has 0 spiro atoms. The third kappa shape index (κ3) is 14.2. The summed E-state index contributed by atoms with van der Waals surface area (Å²) in [6.45, 7) is 7.56. The lowest BCUT2D eigenvalue weighted by atomic mass is 9.97. The predicted molar refractivity (Wildman–Crippen MR) is 194 cm³/mol. The van der Waals surface area contributed by atoms with Crippen molar-refractivity contribution in [2.75, 3.05) is 38.8 Å². The lowest BCUT2D eigenvalue weighted by Crippen LogP contribution is -2.44. The van der Waals surface area contributed by atoms with Crippen LogP contribution in [-0.2, 0) is 27.8 Å². The summed E-state index contributed by atoms with van der Waals surface area (Å²) in [6, 6.07) is 3.32. The molecule has 50 heavy (non-hydrogen) atoms. The zero-order valence-corrected chi connectivity index (χ0v) is 31.2. The zero-order valence-electron chi connectivity index (χ0n) is 30.3. The maximum Gasteiger partial charge on any atom is 0.472 e. The van der Waals surface area contributed by atoms with Gasteiger partial charge < -0.3 is 35.1 Å². The van der Waals surface area contributed by atoms with E-state index in [1.165, 1.54) is 108 Å². The zero-order chi connectivity index (χ0) is 36.2. The SMILES string of the molecule is C=CCO[C@H](COCCCCCCCCCCCCCCCCCC)COP(=O)(O)OC[C@@]1(C)O[C@@H](c2ccc3c(N)ncnn23)[C@H](O)[C@@H]1O. The summed E-state index contributed by atoms with van der Waals surface area (Å²) in [4.78, 5) is 14.4. The van der Waals surface area contributed by atoms with Crippen LogP contribution in [0.5, 0.6) is 0 Å². The fraction of sp³-hybridized carbons (Fsp3) is 0.778. The lowest BCUT2D eigenvalue weighted by molar-refractivity contribution is -0.101. The maximum atomic E-state index is 12.8. The summed E-state index contributed by atoms with van der Waals surface area (Å²) in [6.07, 6.45) is 19.2. The van der Waals surface area contributed by atoms with Gasteiger partial charge in [0.05, 0.1) is 32.1 Å². The van der Waals surface area contributed by atoms with Crippen LogP contribution in [0.1, 0.15) is 128 Å². The summed E-state index contributed by atoms with van der Waals surface area (Å²) >= 11 is 0. The molecule has 1 unspecified atom stereocenters. The lowest BCUT2D eigenvalue weighted by Gasteiger charge is -2.28. The van der Waals surface area contributed by atoms with E-state index in [0.29, 0.717) is 17.8 Å². The fourth-order valence-electron chi connectivity index (χ4n) is 6.24. The molecule has 0 saturated carbocycles. The van der Waals surface area contributed by atoms with Crippen LogP contribution in [0.4, 0.5) is 5.82 Å². The summed E-state index contributed by atoms with van der Waals surface area (Å²) in [5.41, 5.74) is 5.30. The van der Waals surface area contributed by atoms with Crippen molar-refractivity contribution in [2.24, 2.45) is 0 Å². The first-order valence-electron chi connectivity index (χ1n) is 18.7. The van der Waals surface area contributed by atoms with E-state index in [1.54, 1.807) is 18.2 Å². The number of rotatable bonds is 29. The molecule has 0 aliphatic carbocycles. The second-order valence-corrected chi connectivity index (χ2v) is 15.1. The van der Waals surface area contributed by atoms with Crippen molar-refractivity contribution in [3.8, 4) is 0 Å². The Kier molecular flexibility index (Phi) is 19.4. The molecule has 6 atom stereocenters. The summed E-state index contributed by atoms with van der Waals surface area (Å²) in [5, 5.41) is 25.8. The van der Waals surface area contributed by atoms with E-state index in [0.717, 1.165) is 12.8 Å². The molecule has 1 aliphatic heterocycles. The van der Waals surface area contributed by atoms with E-state index in [-0.39, 0.29) is 25.6 Å². The van der Waals surface area contributed by atoms with Gasteiger partial charge in [-0.3, -0.25) is 9.05 Å². The molecule has 14 heteroatoms. The number of aliphatic hydroxyl groups excluding tert-OH is 2. The monoisotopic (exact) mass is 726 g/mol. The molecule has 5 N–H and O–H groups in total. The standard InChI is InChI=1S/C36H63N4O9P/c1-4-6-7-8-9-10-11-12-13-14-15-16-17-18-19-20-24-45-25-29(46-23-5-2)26-47-50(43,44)48-27-36(3)34(42)32(41)33(49-36)30-21-22-31-35(37)38-28-39-40(30)31/h5,21-22,28-29,32-34,41-42H,2,4,6-20,23-27H2,1,3H3,(H,43,44)(H2,37,38,39)/t29-,32+,33+,34+,36-/m1/s1. The highest BCUT2D eigenvalue weighted by molar-refractivity contribution is 7.47. The Morgan fingerprint density at radius 3 is 2.18 bits per heavy atom. The van der Waals surface area contributed by atoms with Gasteiger partial charge in [0.25, 0.3) is 0 Å². The van der Waals surface area contributed by atoms with Gasteiger partial charge in [0.2, 0.25) is 0 Å². The molecule has 1 saturated heterocycles. The molecule has 3 rings (SSSR count). The van der Waals surface area contributed by atoms with Gasteiger partial charge in [0.15, 0.2) is 5.82 Å². The number of phosphoric acid groups is 1. The number of fused-ring (bicyclic) bond motifs is 1. The minimum atomic E-state index is -4.60. The van der Waals surface area contributed by atoms with E-state index >= 15 is 0 Å². The molecule has 0 radical (unpaired) electrons. The van der Waals surface area contributed by atoms with Crippen LogP contribution in [0, 0.1) is 0 Å². The van der Waals surface area contributed by atoms with Crippen molar-refractivity contribution < 1.29 is 42.9 Å². The van der Waals surface area contributed by atoms with Gasteiger partial charge in [-0.2, -0.15) is 5.10 Å². The first-order valence-corrected chi connectivity index (χ1v) is 20.2. The van der Waals surface area contributed by atoms with Crippen LogP contribution in [0.3, 0.4) is 0 Å². The Bertz CT molecular complexity index is 1280. The maximum absolute atomic E-state index is 12.8. The number of anilines is 1. The Hall–Kier alpha value is -1.93. The quantitative estimate of drug-likeness (QED) is 0.0390. The third-order valence-electron chi connectivity index (χ3n) is 9.29. The van der Waals surface area contributed by atoms with Gasteiger partial charge in [-0.25, -0.2) is 14.1 Å². The van der Waals surface area contributed by atoms with Gasteiger partial charge >= 0.3 is 7.82 Å². The number of aliphatic hydroxyl groups is 2. The molecular weight excluding hydrogens is 663 g/mol. The van der Waals surface area contributed by atoms with E-state index in [1.807, 2.05) is 0 Å². The van der Waals surface area contributed by atoms with E-state index in [4.69, 9.17) is 29.0 Å². The summed E-state index contributed by atoms with van der Waals surface area (Å²) in [7, 11) is -4.60. The molecule has 0 bridgehead atoms. The van der Waals surface area contributed by atoms with Crippen molar-refractivity contribution in [1.82, 2.24) is 14.6 Å². The normalized spacial score (nSPS) is 22.6. The molecule has 1 fully saturated rings. The van der Waals surface area contributed by atoms with Crippen LogP contribution in [0.25, 0.3) is 5.52 Å². The number of nitrogen functional groups attached to an aromatic ring is 1. The summed E-state index contributed by atoms with van der Waals surface area (Å²) < 4.78 is 42.2. The van der Waals surface area contributed by atoms with E-state index in [2.05, 4.69) is 23.6 Å². The number of unbranched alkanes of at least 4 members (excludes halogenated alkanes) is 15. The number of hydrogen-bond acceptors (Lipinski definition) is 11. The van der Waals surface area contributed by atoms with Crippen molar-refractivity contribution in [3.05, 3.63) is 36.8 Å². The molecule has 13 nitrogen and oxygen atoms in total. The summed E-state index contributed by atoms with van der Waals surface area (Å²) in [5.74, 6) is 0.241. The van der Waals surface area contributed by atoms with Crippen molar-refractivity contribution in [1.29, 1.82) is 0 Å². The smallest absolute Gasteiger partial charge is 0.387 e. The Morgan fingerprint density at radius 2 is 1.58 bits per heavy atom. The molecule has 1 aliphatic rings. The second kappa shape index (κ2) is 22.9. The second-order valence-electron chi connectivity index (χ2n) is 13.6. The van der Waals surface area contributed by atoms with Crippen molar-refractivity contribution in [3.63, 3.8) is 0 Å². The molecule has 2 aromatic rings. The van der Waals surface area contributed by atoms with Crippen molar-refractivity contribution >= 4 is 19.2 Å². The number of aromatic nitrogens is 3. The van der Waals surface area contributed by atoms with Gasteiger partial charge in [-0.05, 0) is 25.5 Å². The van der Waals surface area contributed by atoms with Crippen LogP contribution in [0.2, 0.25) is 0 Å². The largest absolute Gasteiger partial charge is 0.472 e. The average Bonchev–Trinajstić information content (AvgIpc) is 3.63. The molecule has 286 valence electrons. The highest BCUT2D eigenvalue weighted by Gasteiger charge is 2.53. The van der Waals surface area contributed by atoms with Gasteiger partial charge in [0, 0.05) is 6.61 Å². The third-order valence-corrected chi connectivity index (χ3v) is 10.2. The van der Waals surface area contributed by atoms with Crippen molar-refractivity contribution in [2.45, 2.75) is 147 Å². The number of nitrogens with two attached hydrogens (primary N) is 1. The van der Waals surface area contributed by atoms with Crippen LogP contribution >= 0.6 is 7.82 Å². The topological polar surface area (TPSA) is 180 Å². The van der Waals surface area contributed by atoms with Gasteiger partial charge in [0.1, 0.15) is 41.9 Å². The number of phosphoric ester groups is 1. The van der Waals surface area contributed by atoms with Gasteiger partial charge in [-0.1, -0.05) is 109 Å².